The normalized spacial score (nSPS) is 10.8. The highest BCUT2D eigenvalue weighted by Crippen LogP contribution is 2.28. The van der Waals surface area contributed by atoms with Gasteiger partial charge in [0.25, 0.3) is 5.91 Å². The summed E-state index contributed by atoms with van der Waals surface area (Å²) in [5, 5.41) is 2.78. The number of rotatable bonds is 3. The van der Waals surface area contributed by atoms with Gasteiger partial charge in [-0.2, -0.15) is 0 Å². The lowest BCUT2D eigenvalue weighted by Crippen LogP contribution is -2.14. The van der Waals surface area contributed by atoms with Crippen LogP contribution in [0.2, 0.25) is 0 Å². The molecule has 0 atom stereocenters. The number of amides is 1. The number of nitrogens with zero attached hydrogens (tertiary/aromatic N) is 2. The Kier molecular flexibility index (Phi) is 3.74. The molecule has 4 rings (SSSR count). The number of halogens is 1. The summed E-state index contributed by atoms with van der Waals surface area (Å²) in [6, 6.07) is 19.0. The van der Waals surface area contributed by atoms with Crippen molar-refractivity contribution in [3.63, 3.8) is 0 Å². The zero-order chi connectivity index (χ0) is 17.2. The first-order valence-electron chi connectivity index (χ1n) is 7.81. The summed E-state index contributed by atoms with van der Waals surface area (Å²) in [5.41, 5.74) is 2.91. The maximum atomic E-state index is 13.8. The van der Waals surface area contributed by atoms with Gasteiger partial charge in [0.1, 0.15) is 11.5 Å². The molecule has 0 unspecified atom stereocenters. The predicted octanol–water partition coefficient (Wildman–Crippen LogP) is 4.39. The fraction of sp³-hybridized carbons (Fsp3) is 0. The van der Waals surface area contributed by atoms with Crippen LogP contribution in [0.15, 0.2) is 79.1 Å². The number of fused-ring (bicyclic) bond motifs is 1. The van der Waals surface area contributed by atoms with Crippen LogP contribution in [0.1, 0.15) is 10.4 Å². The van der Waals surface area contributed by atoms with Crippen molar-refractivity contribution in [1.82, 2.24) is 9.38 Å². The number of benzene rings is 2. The monoisotopic (exact) mass is 331 g/mol. The van der Waals surface area contributed by atoms with Crippen LogP contribution in [-0.4, -0.2) is 15.3 Å². The molecule has 122 valence electrons. The van der Waals surface area contributed by atoms with E-state index in [9.17, 15) is 9.18 Å². The summed E-state index contributed by atoms with van der Waals surface area (Å²) < 4.78 is 15.7. The van der Waals surface area contributed by atoms with Gasteiger partial charge in [-0.25, -0.2) is 9.37 Å². The van der Waals surface area contributed by atoms with E-state index in [0.29, 0.717) is 5.69 Å². The first-order chi connectivity index (χ1) is 12.2. The third-order valence-electron chi connectivity index (χ3n) is 3.93. The van der Waals surface area contributed by atoms with Gasteiger partial charge in [-0.05, 0) is 30.3 Å². The van der Waals surface area contributed by atoms with E-state index in [2.05, 4.69) is 10.3 Å². The second kappa shape index (κ2) is 6.20. The third-order valence-corrected chi connectivity index (χ3v) is 3.93. The van der Waals surface area contributed by atoms with Crippen molar-refractivity contribution in [2.24, 2.45) is 0 Å². The minimum absolute atomic E-state index is 0.00676. The number of imidazole rings is 1. The topological polar surface area (TPSA) is 46.4 Å². The van der Waals surface area contributed by atoms with Crippen LogP contribution in [0.4, 0.5) is 10.1 Å². The van der Waals surface area contributed by atoms with Crippen LogP contribution in [0.3, 0.4) is 0 Å². The van der Waals surface area contributed by atoms with Gasteiger partial charge in [0.05, 0.1) is 16.9 Å². The Morgan fingerprint density at radius 1 is 0.960 bits per heavy atom. The number of nitrogens with one attached hydrogen (secondary N) is 1. The van der Waals surface area contributed by atoms with E-state index in [1.165, 1.54) is 12.1 Å². The van der Waals surface area contributed by atoms with E-state index in [-0.39, 0.29) is 5.56 Å². The maximum Gasteiger partial charge on any atom is 0.258 e. The fourth-order valence-corrected chi connectivity index (χ4v) is 2.71. The smallest absolute Gasteiger partial charge is 0.258 e. The molecule has 25 heavy (non-hydrogen) atoms. The highest BCUT2D eigenvalue weighted by atomic mass is 19.1. The number of anilines is 1. The molecule has 0 radical (unpaired) electrons. The van der Waals surface area contributed by atoms with E-state index in [4.69, 9.17) is 0 Å². The highest BCUT2D eigenvalue weighted by Gasteiger charge is 2.14. The van der Waals surface area contributed by atoms with E-state index < -0.39 is 11.7 Å². The maximum absolute atomic E-state index is 13.8. The number of carbonyl (C=O) groups is 1. The first-order valence-corrected chi connectivity index (χ1v) is 7.81. The summed E-state index contributed by atoms with van der Waals surface area (Å²) in [6.45, 7) is 0. The fourth-order valence-electron chi connectivity index (χ4n) is 2.71. The van der Waals surface area contributed by atoms with Crippen molar-refractivity contribution in [2.75, 3.05) is 5.32 Å². The van der Waals surface area contributed by atoms with Gasteiger partial charge >= 0.3 is 0 Å². The van der Waals surface area contributed by atoms with E-state index in [1.807, 2.05) is 53.2 Å². The lowest BCUT2D eigenvalue weighted by molar-refractivity contribution is 0.102. The molecule has 4 aromatic rings. The number of pyridine rings is 1. The van der Waals surface area contributed by atoms with Gasteiger partial charge < -0.3 is 9.72 Å². The molecule has 4 nitrogen and oxygen atoms in total. The molecule has 0 spiro atoms. The molecule has 0 bridgehead atoms. The Morgan fingerprint density at radius 2 is 1.72 bits per heavy atom. The second-order valence-electron chi connectivity index (χ2n) is 5.57. The Balaban J connectivity index is 1.72. The van der Waals surface area contributed by atoms with Crippen molar-refractivity contribution in [2.45, 2.75) is 0 Å². The summed E-state index contributed by atoms with van der Waals surface area (Å²) in [5.74, 6) is -1.04. The summed E-state index contributed by atoms with van der Waals surface area (Å²) in [4.78, 5) is 17.0. The van der Waals surface area contributed by atoms with Crippen molar-refractivity contribution < 1.29 is 9.18 Å². The molecule has 2 aromatic carbocycles. The summed E-state index contributed by atoms with van der Waals surface area (Å²) in [7, 11) is 0. The van der Waals surface area contributed by atoms with Crippen molar-refractivity contribution in [3.05, 3.63) is 90.5 Å². The number of hydrogen-bond acceptors (Lipinski definition) is 2. The van der Waals surface area contributed by atoms with Gasteiger partial charge in [0, 0.05) is 18.0 Å². The van der Waals surface area contributed by atoms with E-state index in [1.54, 1.807) is 18.2 Å². The molecule has 1 amide bonds. The Bertz CT molecular complexity index is 1040. The van der Waals surface area contributed by atoms with E-state index in [0.717, 1.165) is 16.9 Å². The molecular weight excluding hydrogens is 317 g/mol. The molecule has 0 aliphatic heterocycles. The Morgan fingerprint density at radius 3 is 2.56 bits per heavy atom. The van der Waals surface area contributed by atoms with Crippen LogP contribution in [0, 0.1) is 5.82 Å². The number of carbonyl (C=O) groups excluding carboxylic acids is 1. The highest BCUT2D eigenvalue weighted by molar-refractivity contribution is 6.06. The van der Waals surface area contributed by atoms with Crippen molar-refractivity contribution >= 4 is 17.2 Å². The molecule has 1 N–H and O–H groups in total. The van der Waals surface area contributed by atoms with Gasteiger partial charge in [0.15, 0.2) is 0 Å². The average Bonchev–Trinajstić information content (AvgIpc) is 3.06. The molecule has 0 saturated heterocycles. The number of para-hydroxylation sites is 1. The van der Waals surface area contributed by atoms with Crippen molar-refractivity contribution in [1.29, 1.82) is 0 Å². The van der Waals surface area contributed by atoms with Crippen LogP contribution < -0.4 is 5.32 Å². The third kappa shape index (κ3) is 2.87. The Labute approximate surface area is 143 Å². The van der Waals surface area contributed by atoms with Gasteiger partial charge in [-0.1, -0.05) is 36.4 Å². The standard InChI is InChI=1S/C20H14FN3O/c21-16-9-3-1-7-14(16)20(25)23-17-10-4-2-8-15(17)18-13-24-12-6-5-11-19(24)22-18/h1-13H,(H,23,25). The minimum Gasteiger partial charge on any atom is -0.321 e. The van der Waals surface area contributed by atoms with Crippen LogP contribution in [-0.2, 0) is 0 Å². The van der Waals surface area contributed by atoms with E-state index >= 15 is 0 Å². The second-order valence-corrected chi connectivity index (χ2v) is 5.57. The molecule has 0 saturated carbocycles. The van der Waals surface area contributed by atoms with Crippen LogP contribution in [0.25, 0.3) is 16.9 Å². The lowest BCUT2D eigenvalue weighted by Gasteiger charge is -2.10. The SMILES string of the molecule is O=C(Nc1ccccc1-c1cn2ccccc2n1)c1ccccc1F. The quantitative estimate of drug-likeness (QED) is 0.605. The summed E-state index contributed by atoms with van der Waals surface area (Å²) in [6.07, 6.45) is 3.80. The lowest BCUT2D eigenvalue weighted by atomic mass is 10.1. The molecule has 0 aliphatic rings. The molecule has 5 heteroatoms. The van der Waals surface area contributed by atoms with Crippen molar-refractivity contribution in [3.8, 4) is 11.3 Å². The number of hydrogen-bond donors (Lipinski definition) is 1. The zero-order valence-corrected chi connectivity index (χ0v) is 13.2. The van der Waals surface area contributed by atoms with Crippen LogP contribution in [0.5, 0.6) is 0 Å². The minimum atomic E-state index is -0.551. The van der Waals surface area contributed by atoms with Gasteiger partial charge in [0.2, 0.25) is 0 Å². The molecular formula is C20H14FN3O. The average molecular weight is 331 g/mol. The largest absolute Gasteiger partial charge is 0.321 e. The molecule has 2 aromatic heterocycles. The predicted molar refractivity (Wildman–Crippen MR) is 95.0 cm³/mol. The molecule has 0 fully saturated rings. The zero-order valence-electron chi connectivity index (χ0n) is 13.2. The van der Waals surface area contributed by atoms with Crippen LogP contribution >= 0.6 is 0 Å². The van der Waals surface area contributed by atoms with Gasteiger partial charge in [-0.15, -0.1) is 0 Å². The Hall–Kier alpha value is -3.47. The van der Waals surface area contributed by atoms with Gasteiger partial charge in [-0.3, -0.25) is 4.79 Å². The molecule has 2 heterocycles. The molecule has 0 aliphatic carbocycles. The first kappa shape index (κ1) is 15.1. The summed E-state index contributed by atoms with van der Waals surface area (Å²) >= 11 is 0. The number of aromatic nitrogens is 2.